The van der Waals surface area contributed by atoms with Crippen LogP contribution in [0.15, 0.2) is 24.3 Å². The summed E-state index contributed by atoms with van der Waals surface area (Å²) >= 11 is 0. The van der Waals surface area contributed by atoms with Crippen LogP contribution in [0.3, 0.4) is 0 Å². The molecule has 0 aliphatic carbocycles. The summed E-state index contributed by atoms with van der Waals surface area (Å²) in [5.41, 5.74) is -0.155. The van der Waals surface area contributed by atoms with Crippen LogP contribution in [0.2, 0.25) is 0 Å². The van der Waals surface area contributed by atoms with Crippen LogP contribution in [0.4, 0.5) is 8.78 Å². The molecular weight excluding hydrogens is 240 g/mol. The summed E-state index contributed by atoms with van der Waals surface area (Å²) in [6, 6.07) is 6.67. The number of hydrogen-bond donors (Lipinski definition) is 1. The van der Waals surface area contributed by atoms with Crippen LogP contribution < -0.4 is 4.74 Å². The molecule has 1 rings (SSSR count). The Bertz CT molecular complexity index is 377. The van der Waals surface area contributed by atoms with Gasteiger partial charge in [0.1, 0.15) is 5.75 Å². The molecule has 0 atom stereocenters. The van der Waals surface area contributed by atoms with Crippen molar-refractivity contribution < 1.29 is 18.6 Å². The molecule has 0 radical (unpaired) electrons. The van der Waals surface area contributed by atoms with E-state index in [-0.39, 0.29) is 5.75 Å². The van der Waals surface area contributed by atoms with Gasteiger partial charge in [-0.05, 0) is 27.0 Å². The van der Waals surface area contributed by atoms with Crippen molar-refractivity contribution in [2.45, 2.75) is 32.6 Å². The molecule has 0 saturated carbocycles. The molecule has 0 bridgehead atoms. The Labute approximate surface area is 106 Å². The normalized spacial score (nSPS) is 12.2. The first-order valence-corrected chi connectivity index (χ1v) is 5.71. The first-order chi connectivity index (χ1) is 8.28. The molecule has 0 aliphatic rings. The van der Waals surface area contributed by atoms with E-state index in [0.29, 0.717) is 18.7 Å². The number of benzene rings is 1. The molecule has 1 N–H and O–H groups in total. The highest BCUT2D eigenvalue weighted by molar-refractivity contribution is 5.33. The predicted octanol–water partition coefficient (Wildman–Crippen LogP) is 2.49. The third kappa shape index (κ3) is 5.42. The van der Waals surface area contributed by atoms with Gasteiger partial charge in [-0.15, -0.1) is 0 Å². The van der Waals surface area contributed by atoms with Gasteiger partial charge in [0.15, 0.2) is 0 Å². The van der Waals surface area contributed by atoms with Crippen molar-refractivity contribution in [1.29, 1.82) is 0 Å². The zero-order valence-corrected chi connectivity index (χ0v) is 10.9. The van der Waals surface area contributed by atoms with Crippen LogP contribution in [-0.2, 0) is 6.54 Å². The molecule has 3 nitrogen and oxygen atoms in total. The van der Waals surface area contributed by atoms with Gasteiger partial charge in [0, 0.05) is 18.7 Å². The van der Waals surface area contributed by atoms with Gasteiger partial charge in [0.2, 0.25) is 0 Å². The van der Waals surface area contributed by atoms with Gasteiger partial charge in [0.25, 0.3) is 0 Å². The van der Waals surface area contributed by atoms with E-state index < -0.39 is 12.2 Å². The zero-order chi connectivity index (χ0) is 13.8. The summed E-state index contributed by atoms with van der Waals surface area (Å²) in [5, 5.41) is 9.69. The first-order valence-electron chi connectivity index (χ1n) is 5.71. The lowest BCUT2D eigenvalue weighted by Crippen LogP contribution is -2.35. The van der Waals surface area contributed by atoms with Crippen molar-refractivity contribution in [3.8, 4) is 5.75 Å². The van der Waals surface area contributed by atoms with Crippen LogP contribution in [0, 0.1) is 0 Å². The van der Waals surface area contributed by atoms with Crippen molar-refractivity contribution in [2.75, 3.05) is 13.6 Å². The number of nitrogens with zero attached hydrogens (tertiary/aromatic N) is 1. The van der Waals surface area contributed by atoms with Gasteiger partial charge in [-0.3, -0.25) is 4.90 Å². The lowest BCUT2D eigenvalue weighted by Gasteiger charge is -2.26. The van der Waals surface area contributed by atoms with E-state index in [0.717, 1.165) is 0 Å². The number of hydrogen-bond acceptors (Lipinski definition) is 3. The molecule has 0 amide bonds. The van der Waals surface area contributed by atoms with Gasteiger partial charge in [-0.1, -0.05) is 18.2 Å². The highest BCUT2D eigenvalue weighted by Crippen LogP contribution is 2.22. The predicted molar refractivity (Wildman–Crippen MR) is 65.7 cm³/mol. The number of rotatable bonds is 6. The fourth-order valence-corrected chi connectivity index (χ4v) is 1.85. The minimum absolute atomic E-state index is 0.176. The summed E-state index contributed by atoms with van der Waals surface area (Å²) in [6.45, 7) is 1.45. The maximum atomic E-state index is 12.2. The topological polar surface area (TPSA) is 32.7 Å². The quantitative estimate of drug-likeness (QED) is 0.852. The SMILES string of the molecule is CN(Cc1ccccc1OC(F)F)CC(C)(C)O. The molecule has 0 unspecified atom stereocenters. The Morgan fingerprint density at radius 2 is 1.94 bits per heavy atom. The van der Waals surface area contributed by atoms with E-state index in [1.54, 1.807) is 32.0 Å². The molecule has 0 aliphatic heterocycles. The van der Waals surface area contributed by atoms with Crippen molar-refractivity contribution in [3.05, 3.63) is 29.8 Å². The largest absolute Gasteiger partial charge is 0.434 e. The molecule has 1 aromatic rings. The van der Waals surface area contributed by atoms with Gasteiger partial charge in [-0.2, -0.15) is 8.78 Å². The smallest absolute Gasteiger partial charge is 0.387 e. The first kappa shape index (κ1) is 14.9. The number of aliphatic hydroxyl groups is 1. The second-order valence-corrected chi connectivity index (χ2v) is 4.97. The van der Waals surface area contributed by atoms with Gasteiger partial charge >= 0.3 is 6.61 Å². The second-order valence-electron chi connectivity index (χ2n) is 4.97. The Balaban J connectivity index is 2.71. The summed E-state index contributed by atoms with van der Waals surface area (Å²) in [6.07, 6.45) is 0. The number of likely N-dealkylation sites (N-methyl/N-ethyl adjacent to an activating group) is 1. The highest BCUT2D eigenvalue weighted by Gasteiger charge is 2.17. The number of para-hydroxylation sites is 1. The Morgan fingerprint density at radius 3 is 2.50 bits per heavy atom. The summed E-state index contributed by atoms with van der Waals surface area (Å²) in [5.74, 6) is 0.176. The van der Waals surface area contributed by atoms with Gasteiger partial charge in [0.05, 0.1) is 5.60 Å². The molecule has 18 heavy (non-hydrogen) atoms. The molecule has 1 aromatic carbocycles. The van der Waals surface area contributed by atoms with Crippen molar-refractivity contribution in [1.82, 2.24) is 4.90 Å². The minimum atomic E-state index is -2.83. The Hall–Kier alpha value is -1.20. The molecule has 0 saturated heterocycles. The van der Waals surface area contributed by atoms with Crippen LogP contribution in [-0.4, -0.2) is 35.8 Å². The van der Waals surface area contributed by atoms with Crippen molar-refractivity contribution in [3.63, 3.8) is 0 Å². The third-order valence-corrected chi connectivity index (χ3v) is 2.29. The number of ether oxygens (including phenoxy) is 1. The fourth-order valence-electron chi connectivity index (χ4n) is 1.85. The van der Waals surface area contributed by atoms with Crippen LogP contribution in [0.1, 0.15) is 19.4 Å². The van der Waals surface area contributed by atoms with E-state index in [2.05, 4.69) is 4.74 Å². The van der Waals surface area contributed by atoms with Gasteiger partial charge in [-0.25, -0.2) is 0 Å². The molecule has 0 aromatic heterocycles. The molecule has 5 heteroatoms. The molecule has 0 fully saturated rings. The maximum Gasteiger partial charge on any atom is 0.387 e. The molecule has 0 spiro atoms. The molecular formula is C13H19F2NO2. The standard InChI is InChI=1S/C13H19F2NO2/c1-13(2,17)9-16(3)8-10-6-4-5-7-11(10)18-12(14)15/h4-7,12,17H,8-9H2,1-3H3. The summed E-state index contributed by atoms with van der Waals surface area (Å²) in [4.78, 5) is 1.85. The van der Waals surface area contributed by atoms with E-state index >= 15 is 0 Å². The third-order valence-electron chi connectivity index (χ3n) is 2.29. The maximum absolute atomic E-state index is 12.2. The fraction of sp³-hybridized carbons (Fsp3) is 0.538. The van der Waals surface area contributed by atoms with Crippen LogP contribution in [0.5, 0.6) is 5.75 Å². The van der Waals surface area contributed by atoms with E-state index in [4.69, 9.17) is 0 Å². The molecule has 102 valence electrons. The Kier molecular flexibility index (Phi) is 5.04. The van der Waals surface area contributed by atoms with Crippen molar-refractivity contribution >= 4 is 0 Å². The summed E-state index contributed by atoms with van der Waals surface area (Å²) < 4.78 is 28.9. The molecule has 0 heterocycles. The van der Waals surface area contributed by atoms with E-state index in [1.165, 1.54) is 6.07 Å². The average molecular weight is 259 g/mol. The van der Waals surface area contributed by atoms with Crippen molar-refractivity contribution in [2.24, 2.45) is 0 Å². The average Bonchev–Trinajstić information content (AvgIpc) is 2.17. The number of halogens is 2. The highest BCUT2D eigenvalue weighted by atomic mass is 19.3. The van der Waals surface area contributed by atoms with E-state index in [1.807, 2.05) is 11.9 Å². The van der Waals surface area contributed by atoms with E-state index in [9.17, 15) is 13.9 Å². The lowest BCUT2D eigenvalue weighted by atomic mass is 10.1. The second kappa shape index (κ2) is 6.11. The monoisotopic (exact) mass is 259 g/mol. The zero-order valence-electron chi connectivity index (χ0n) is 10.9. The van der Waals surface area contributed by atoms with Gasteiger partial charge < -0.3 is 9.84 Å². The number of alkyl halides is 2. The van der Waals surface area contributed by atoms with Crippen LogP contribution in [0.25, 0.3) is 0 Å². The summed E-state index contributed by atoms with van der Waals surface area (Å²) in [7, 11) is 1.82. The Morgan fingerprint density at radius 1 is 1.33 bits per heavy atom. The minimum Gasteiger partial charge on any atom is -0.434 e. The van der Waals surface area contributed by atoms with Crippen LogP contribution >= 0.6 is 0 Å². The lowest BCUT2D eigenvalue weighted by molar-refractivity contribution is -0.0509.